The molecule has 0 unspecified atom stereocenters. The molecule has 0 atom stereocenters. The number of methoxy groups -OCH3 is 1. The van der Waals surface area contributed by atoms with Gasteiger partial charge in [-0.2, -0.15) is 0 Å². The number of thiophene rings is 1. The topological polar surface area (TPSA) is 24.8 Å². The first-order valence-corrected chi connectivity index (χ1v) is 8.19. The van der Waals surface area contributed by atoms with Crippen LogP contribution in [0.25, 0.3) is 15.8 Å². The van der Waals surface area contributed by atoms with Gasteiger partial charge in [0.1, 0.15) is 5.75 Å². The molecule has 0 fully saturated rings. The lowest BCUT2D eigenvalue weighted by molar-refractivity contribution is 0.420. The minimum atomic E-state index is 0.910. The zero-order chi connectivity index (χ0) is 13.7. The van der Waals surface area contributed by atoms with E-state index in [2.05, 4.69) is 35.0 Å². The van der Waals surface area contributed by atoms with E-state index >= 15 is 0 Å². The monoisotopic (exact) mass is 302 g/mol. The molecule has 0 saturated carbocycles. The number of hydrogen-bond donors (Lipinski definition) is 0. The number of nitrogens with zero attached hydrogens (tertiary/aromatic N) is 2. The zero-order valence-corrected chi connectivity index (χ0v) is 13.0. The van der Waals surface area contributed by atoms with Crippen molar-refractivity contribution in [2.24, 2.45) is 4.99 Å². The Kier molecular flexibility index (Phi) is 2.79. The Balaban J connectivity index is 1.87. The largest absolute Gasteiger partial charge is 0.496 e. The summed E-state index contributed by atoms with van der Waals surface area (Å²) in [6.45, 7) is 4.09. The molecular weight excluding hydrogens is 288 g/mol. The highest BCUT2D eigenvalue weighted by Gasteiger charge is 2.31. The predicted octanol–water partition coefficient (Wildman–Crippen LogP) is 4.02. The summed E-state index contributed by atoms with van der Waals surface area (Å²) in [7, 11) is 1.73. The molecule has 2 aliphatic heterocycles. The van der Waals surface area contributed by atoms with E-state index in [-0.39, 0.29) is 0 Å². The Morgan fingerprint density at radius 2 is 2.25 bits per heavy atom. The molecule has 0 N–H and O–H groups in total. The number of fused-ring (bicyclic) bond motifs is 2. The molecule has 1 aromatic heterocycles. The van der Waals surface area contributed by atoms with E-state index < -0.39 is 0 Å². The number of amidine groups is 1. The van der Waals surface area contributed by atoms with Crippen molar-refractivity contribution >= 4 is 44.0 Å². The number of hydrogen-bond acceptors (Lipinski definition) is 5. The van der Waals surface area contributed by atoms with Gasteiger partial charge in [0.05, 0.1) is 24.2 Å². The lowest BCUT2D eigenvalue weighted by Gasteiger charge is -2.15. The fourth-order valence-electron chi connectivity index (χ4n) is 2.73. The van der Waals surface area contributed by atoms with Crippen LogP contribution in [0, 0.1) is 0 Å². The quantitative estimate of drug-likeness (QED) is 0.837. The van der Waals surface area contributed by atoms with Crippen LogP contribution in [0.5, 0.6) is 5.75 Å². The van der Waals surface area contributed by atoms with Gasteiger partial charge in [0.2, 0.25) is 0 Å². The Morgan fingerprint density at radius 3 is 3.10 bits per heavy atom. The summed E-state index contributed by atoms with van der Waals surface area (Å²) in [5, 5.41) is 2.35. The zero-order valence-electron chi connectivity index (χ0n) is 11.3. The van der Waals surface area contributed by atoms with Crippen molar-refractivity contribution < 1.29 is 4.74 Å². The average Bonchev–Trinajstić information content (AvgIpc) is 3.10. The first-order chi connectivity index (χ1) is 9.78. The van der Waals surface area contributed by atoms with Gasteiger partial charge in [-0.15, -0.1) is 11.3 Å². The van der Waals surface area contributed by atoms with E-state index in [1.807, 2.05) is 17.4 Å². The molecule has 0 saturated heterocycles. The lowest BCUT2D eigenvalue weighted by Crippen LogP contribution is -2.19. The first-order valence-electron chi connectivity index (χ1n) is 6.55. The van der Waals surface area contributed by atoms with Crippen LogP contribution in [0.4, 0.5) is 0 Å². The van der Waals surface area contributed by atoms with Crippen molar-refractivity contribution in [2.45, 2.75) is 6.92 Å². The van der Waals surface area contributed by atoms with Gasteiger partial charge in [0, 0.05) is 21.5 Å². The van der Waals surface area contributed by atoms with Crippen molar-refractivity contribution in [3.63, 3.8) is 0 Å². The van der Waals surface area contributed by atoms with E-state index in [4.69, 9.17) is 4.74 Å². The maximum Gasteiger partial charge on any atom is 0.168 e. The highest BCUT2D eigenvalue weighted by atomic mass is 32.2. The Labute approximate surface area is 125 Å². The molecule has 2 aromatic rings. The van der Waals surface area contributed by atoms with Gasteiger partial charge in [-0.3, -0.25) is 4.99 Å². The van der Waals surface area contributed by atoms with Crippen LogP contribution < -0.4 is 4.74 Å². The van der Waals surface area contributed by atoms with Crippen LogP contribution in [-0.2, 0) is 0 Å². The fourth-order valence-corrected chi connectivity index (χ4v) is 5.03. The van der Waals surface area contributed by atoms with Gasteiger partial charge < -0.3 is 9.64 Å². The Bertz CT molecular complexity index is 760. The van der Waals surface area contributed by atoms with Crippen molar-refractivity contribution in [1.29, 1.82) is 0 Å². The number of ether oxygens (including phenoxy) is 1. The average molecular weight is 302 g/mol. The number of allylic oxidation sites excluding steroid dienone is 1. The normalized spacial score (nSPS) is 17.9. The first kappa shape index (κ1) is 12.3. The van der Waals surface area contributed by atoms with Gasteiger partial charge in [-0.25, -0.2) is 0 Å². The molecule has 0 radical (unpaired) electrons. The molecule has 3 nitrogen and oxygen atoms in total. The minimum absolute atomic E-state index is 0.910. The molecule has 3 heterocycles. The molecule has 0 aliphatic carbocycles. The fraction of sp³-hybridized carbons (Fsp3) is 0.267. The summed E-state index contributed by atoms with van der Waals surface area (Å²) in [5.74, 6) is 0.948. The van der Waals surface area contributed by atoms with E-state index in [0.29, 0.717) is 0 Å². The molecule has 2 aliphatic rings. The van der Waals surface area contributed by atoms with Gasteiger partial charge in [0.25, 0.3) is 0 Å². The summed E-state index contributed by atoms with van der Waals surface area (Å²) >= 11 is 3.62. The van der Waals surface area contributed by atoms with E-state index in [1.165, 1.54) is 25.6 Å². The highest BCUT2D eigenvalue weighted by Crippen LogP contribution is 2.45. The van der Waals surface area contributed by atoms with Crippen LogP contribution in [-0.4, -0.2) is 30.3 Å². The molecule has 5 heteroatoms. The third kappa shape index (κ3) is 1.70. The number of rotatable bonds is 2. The molecule has 20 heavy (non-hydrogen) atoms. The van der Waals surface area contributed by atoms with Gasteiger partial charge in [0.15, 0.2) is 5.17 Å². The van der Waals surface area contributed by atoms with Crippen molar-refractivity contribution in [3.8, 4) is 5.75 Å². The third-order valence-electron chi connectivity index (χ3n) is 3.62. The second kappa shape index (κ2) is 4.53. The number of aliphatic imine (C=N–C) groups is 1. The maximum absolute atomic E-state index is 5.46. The highest BCUT2D eigenvalue weighted by molar-refractivity contribution is 8.17. The molecule has 4 rings (SSSR count). The maximum atomic E-state index is 5.46. The van der Waals surface area contributed by atoms with E-state index in [1.54, 1.807) is 18.9 Å². The Morgan fingerprint density at radius 1 is 1.35 bits per heavy atom. The van der Waals surface area contributed by atoms with Crippen molar-refractivity contribution in [1.82, 2.24) is 4.90 Å². The molecule has 102 valence electrons. The van der Waals surface area contributed by atoms with Crippen molar-refractivity contribution in [3.05, 3.63) is 34.0 Å². The van der Waals surface area contributed by atoms with E-state index in [9.17, 15) is 0 Å². The van der Waals surface area contributed by atoms with Crippen LogP contribution in [0.2, 0.25) is 0 Å². The molecule has 1 aromatic carbocycles. The summed E-state index contributed by atoms with van der Waals surface area (Å²) < 4.78 is 6.74. The third-order valence-corrected chi connectivity index (χ3v) is 5.76. The minimum Gasteiger partial charge on any atom is -0.496 e. The molecule has 0 amide bonds. The van der Waals surface area contributed by atoms with Crippen LogP contribution in [0.3, 0.4) is 0 Å². The lowest BCUT2D eigenvalue weighted by atomic mass is 10.2. The molecular formula is C15H14N2OS2. The SMILES string of the molecule is COc1cccc2sc(C3=C(C)SC4=NCCN43)cc12. The van der Waals surface area contributed by atoms with Gasteiger partial charge in [-0.05, 0) is 25.1 Å². The summed E-state index contributed by atoms with van der Waals surface area (Å²) in [6.07, 6.45) is 0. The second-order valence-electron chi connectivity index (χ2n) is 4.81. The van der Waals surface area contributed by atoms with Gasteiger partial charge in [-0.1, -0.05) is 17.8 Å². The summed E-state index contributed by atoms with van der Waals surface area (Å²) in [6, 6.07) is 8.48. The van der Waals surface area contributed by atoms with Crippen LogP contribution in [0.1, 0.15) is 11.8 Å². The standard InChI is InChI=1S/C15H14N2OS2/c1-9-14(17-7-6-16-15(17)19-9)13-8-10-11(18-2)4-3-5-12(10)20-13/h3-5,8H,6-7H2,1-2H3. The molecule has 0 spiro atoms. The van der Waals surface area contributed by atoms with Crippen LogP contribution >= 0.6 is 23.1 Å². The smallest absolute Gasteiger partial charge is 0.168 e. The Hall–Kier alpha value is -1.46. The summed E-state index contributed by atoms with van der Waals surface area (Å²) in [5.41, 5.74) is 1.33. The number of thioether (sulfide) groups is 1. The summed E-state index contributed by atoms with van der Waals surface area (Å²) in [4.78, 5) is 9.55. The molecule has 0 bridgehead atoms. The second-order valence-corrected chi connectivity index (χ2v) is 7.07. The predicted molar refractivity (Wildman–Crippen MR) is 87.6 cm³/mol. The van der Waals surface area contributed by atoms with Crippen LogP contribution in [0.15, 0.2) is 34.2 Å². The van der Waals surface area contributed by atoms with Gasteiger partial charge >= 0.3 is 0 Å². The number of benzene rings is 1. The van der Waals surface area contributed by atoms with Crippen molar-refractivity contribution in [2.75, 3.05) is 20.2 Å². The van der Waals surface area contributed by atoms with E-state index in [0.717, 1.165) is 24.0 Å².